The van der Waals surface area contributed by atoms with Crippen LogP contribution in [0.1, 0.15) is 29.3 Å². The Kier molecular flexibility index (Phi) is 4.76. The standard InChI is InChI=1S/C15H14FN5O5S/c1-8(14-18-13(19-26-14)9-3-5-10(16)6-4-9)20-27(24,25)11-7-17-21(2)12(11)15(22)23/h3-8,20H,1-2H3,(H,22,23). The van der Waals surface area contributed by atoms with Gasteiger partial charge in [-0.1, -0.05) is 5.16 Å². The largest absolute Gasteiger partial charge is 0.476 e. The second-order valence-electron chi connectivity index (χ2n) is 5.59. The van der Waals surface area contributed by atoms with Gasteiger partial charge in [-0.05, 0) is 31.2 Å². The third-order valence-electron chi connectivity index (χ3n) is 3.64. The number of hydrogen-bond donors (Lipinski definition) is 2. The van der Waals surface area contributed by atoms with Crippen LogP contribution in [0.3, 0.4) is 0 Å². The minimum atomic E-state index is -4.22. The number of halogens is 1. The molecule has 2 aromatic heterocycles. The minimum Gasteiger partial charge on any atom is -0.476 e. The Morgan fingerprint density at radius 3 is 2.63 bits per heavy atom. The number of nitrogens with one attached hydrogen (secondary N) is 1. The van der Waals surface area contributed by atoms with Crippen molar-refractivity contribution < 1.29 is 27.2 Å². The molecule has 0 saturated heterocycles. The number of aromatic nitrogens is 4. The topological polar surface area (TPSA) is 140 Å². The van der Waals surface area contributed by atoms with Crippen molar-refractivity contribution in [2.75, 3.05) is 0 Å². The molecule has 1 unspecified atom stereocenters. The monoisotopic (exact) mass is 395 g/mol. The Morgan fingerprint density at radius 1 is 1.33 bits per heavy atom. The van der Waals surface area contributed by atoms with Crippen molar-refractivity contribution in [3.63, 3.8) is 0 Å². The second-order valence-corrected chi connectivity index (χ2v) is 7.27. The first kappa shape index (κ1) is 18.7. The van der Waals surface area contributed by atoms with E-state index in [1.807, 2.05) is 0 Å². The fourth-order valence-corrected chi connectivity index (χ4v) is 3.68. The van der Waals surface area contributed by atoms with Crippen LogP contribution >= 0.6 is 0 Å². The van der Waals surface area contributed by atoms with Gasteiger partial charge in [0, 0.05) is 12.6 Å². The smallest absolute Gasteiger partial charge is 0.355 e. The van der Waals surface area contributed by atoms with Crippen molar-refractivity contribution in [1.29, 1.82) is 0 Å². The van der Waals surface area contributed by atoms with E-state index in [1.165, 1.54) is 38.2 Å². The molecule has 2 N–H and O–H groups in total. The first-order valence-corrected chi connectivity index (χ1v) is 9.04. The van der Waals surface area contributed by atoms with E-state index < -0.39 is 38.4 Å². The highest BCUT2D eigenvalue weighted by molar-refractivity contribution is 7.89. The first-order chi connectivity index (χ1) is 12.7. The zero-order chi connectivity index (χ0) is 19.8. The first-order valence-electron chi connectivity index (χ1n) is 7.56. The van der Waals surface area contributed by atoms with E-state index >= 15 is 0 Å². The van der Waals surface area contributed by atoms with Crippen molar-refractivity contribution in [2.45, 2.75) is 17.9 Å². The Morgan fingerprint density at radius 2 is 2.00 bits per heavy atom. The lowest BCUT2D eigenvalue weighted by Crippen LogP contribution is -2.28. The number of aryl methyl sites for hydroxylation is 1. The fourth-order valence-electron chi connectivity index (χ4n) is 2.33. The fraction of sp³-hybridized carbons (Fsp3) is 0.200. The molecule has 12 heteroatoms. The highest BCUT2D eigenvalue weighted by atomic mass is 32.2. The zero-order valence-electron chi connectivity index (χ0n) is 14.1. The Labute approximate surface area is 152 Å². The predicted molar refractivity (Wildman–Crippen MR) is 88.6 cm³/mol. The number of carboxylic acid groups (broad SMARTS) is 1. The van der Waals surface area contributed by atoms with Crippen LogP contribution in [0, 0.1) is 5.82 Å². The van der Waals surface area contributed by atoms with Crippen molar-refractivity contribution >= 4 is 16.0 Å². The van der Waals surface area contributed by atoms with Gasteiger partial charge in [0.05, 0.1) is 12.2 Å². The third kappa shape index (κ3) is 3.71. The maximum Gasteiger partial charge on any atom is 0.355 e. The van der Waals surface area contributed by atoms with Crippen molar-refractivity contribution in [2.24, 2.45) is 7.05 Å². The van der Waals surface area contributed by atoms with Crippen LogP contribution in [0.15, 0.2) is 39.9 Å². The van der Waals surface area contributed by atoms with E-state index in [9.17, 15) is 22.7 Å². The highest BCUT2D eigenvalue weighted by Gasteiger charge is 2.29. The molecule has 2 heterocycles. The molecule has 10 nitrogen and oxygen atoms in total. The number of aromatic carboxylic acids is 1. The van der Waals surface area contributed by atoms with Gasteiger partial charge in [-0.3, -0.25) is 4.68 Å². The summed E-state index contributed by atoms with van der Waals surface area (Å²) in [6.07, 6.45) is 0.941. The summed E-state index contributed by atoms with van der Waals surface area (Å²) in [5.41, 5.74) is 0.00844. The average Bonchev–Trinajstić information content (AvgIpc) is 3.22. The minimum absolute atomic E-state index is 0.0429. The van der Waals surface area contributed by atoms with E-state index in [4.69, 9.17) is 4.52 Å². The molecule has 1 aromatic carbocycles. The number of carboxylic acids is 1. The Balaban J connectivity index is 1.84. The van der Waals surface area contributed by atoms with Gasteiger partial charge in [-0.2, -0.15) is 14.8 Å². The van der Waals surface area contributed by atoms with Crippen LogP contribution in [0.2, 0.25) is 0 Å². The van der Waals surface area contributed by atoms with E-state index in [1.54, 1.807) is 0 Å². The summed E-state index contributed by atoms with van der Waals surface area (Å²) in [5, 5.41) is 16.6. The van der Waals surface area contributed by atoms with Crippen LogP contribution in [-0.4, -0.2) is 39.4 Å². The SMILES string of the molecule is CC(NS(=O)(=O)c1cnn(C)c1C(=O)O)c1nc(-c2ccc(F)cc2)no1. The molecule has 0 radical (unpaired) electrons. The van der Waals surface area contributed by atoms with Crippen LogP contribution in [-0.2, 0) is 17.1 Å². The molecule has 3 rings (SSSR count). The number of carbonyl (C=O) groups is 1. The molecule has 0 amide bonds. The molecule has 27 heavy (non-hydrogen) atoms. The predicted octanol–water partition coefficient (Wildman–Crippen LogP) is 1.35. The van der Waals surface area contributed by atoms with Crippen molar-refractivity contribution in [3.8, 4) is 11.4 Å². The summed E-state index contributed by atoms with van der Waals surface area (Å²) in [6, 6.07) is 4.42. The number of hydrogen-bond acceptors (Lipinski definition) is 7. The molecule has 0 fully saturated rings. The molecule has 0 spiro atoms. The molecule has 0 aliphatic carbocycles. The summed E-state index contributed by atoms with van der Waals surface area (Å²) in [4.78, 5) is 14.9. The summed E-state index contributed by atoms with van der Waals surface area (Å²) >= 11 is 0. The molecule has 1 atom stereocenters. The second kappa shape index (κ2) is 6.89. The van der Waals surface area contributed by atoms with Crippen molar-refractivity contribution in [3.05, 3.63) is 47.9 Å². The van der Waals surface area contributed by atoms with Gasteiger partial charge in [0.2, 0.25) is 21.7 Å². The molecular weight excluding hydrogens is 381 g/mol. The van der Waals surface area contributed by atoms with Crippen LogP contribution in [0.4, 0.5) is 4.39 Å². The summed E-state index contributed by atoms with van der Waals surface area (Å²) < 4.78 is 46.3. The zero-order valence-corrected chi connectivity index (χ0v) is 14.9. The molecule has 142 valence electrons. The van der Waals surface area contributed by atoms with E-state index in [0.717, 1.165) is 10.9 Å². The lowest BCUT2D eigenvalue weighted by Gasteiger charge is -2.10. The molecule has 0 bridgehead atoms. The molecule has 0 saturated carbocycles. The number of nitrogens with zero attached hydrogens (tertiary/aromatic N) is 4. The maximum atomic E-state index is 13.0. The lowest BCUT2D eigenvalue weighted by molar-refractivity contribution is 0.0680. The summed E-state index contributed by atoms with van der Waals surface area (Å²) in [6.45, 7) is 1.45. The molecular formula is C15H14FN5O5S. The quantitative estimate of drug-likeness (QED) is 0.637. The lowest BCUT2D eigenvalue weighted by atomic mass is 10.2. The van der Waals surface area contributed by atoms with Gasteiger partial charge in [-0.15, -0.1) is 0 Å². The number of sulfonamides is 1. The Bertz CT molecular complexity index is 1090. The van der Waals surface area contributed by atoms with Gasteiger partial charge in [-0.25, -0.2) is 17.6 Å². The van der Waals surface area contributed by atoms with E-state index in [2.05, 4.69) is 20.0 Å². The van der Waals surface area contributed by atoms with E-state index in [-0.39, 0.29) is 11.7 Å². The van der Waals surface area contributed by atoms with Gasteiger partial charge in [0.15, 0.2) is 5.69 Å². The number of benzene rings is 1. The van der Waals surface area contributed by atoms with Gasteiger partial charge in [0.1, 0.15) is 10.7 Å². The Hall–Kier alpha value is -3.12. The molecule has 0 aliphatic rings. The molecule has 3 aromatic rings. The summed E-state index contributed by atoms with van der Waals surface area (Å²) in [7, 11) is -2.90. The van der Waals surface area contributed by atoms with Gasteiger partial charge >= 0.3 is 5.97 Å². The van der Waals surface area contributed by atoms with Gasteiger partial charge in [0.25, 0.3) is 0 Å². The highest BCUT2D eigenvalue weighted by Crippen LogP contribution is 2.21. The maximum absolute atomic E-state index is 13.0. The normalized spacial score (nSPS) is 12.9. The van der Waals surface area contributed by atoms with Crippen molar-refractivity contribution in [1.82, 2.24) is 24.6 Å². The number of rotatable bonds is 6. The van der Waals surface area contributed by atoms with Gasteiger partial charge < -0.3 is 9.63 Å². The third-order valence-corrected chi connectivity index (χ3v) is 5.19. The van der Waals surface area contributed by atoms with Crippen LogP contribution in [0.5, 0.6) is 0 Å². The van der Waals surface area contributed by atoms with Crippen LogP contribution < -0.4 is 4.72 Å². The van der Waals surface area contributed by atoms with Crippen LogP contribution in [0.25, 0.3) is 11.4 Å². The summed E-state index contributed by atoms with van der Waals surface area (Å²) in [5.74, 6) is -1.74. The van der Waals surface area contributed by atoms with E-state index in [0.29, 0.717) is 5.56 Å². The average molecular weight is 395 g/mol. The molecule has 0 aliphatic heterocycles.